The predicted octanol–water partition coefficient (Wildman–Crippen LogP) is 4.18. The highest BCUT2D eigenvalue weighted by Gasteiger charge is 2.25. The van der Waals surface area contributed by atoms with Crippen molar-refractivity contribution < 1.29 is 19.6 Å². The number of carbonyl (C=O) groups excluding carboxylic acids is 3. The monoisotopic (exact) mass is 471 g/mol. The summed E-state index contributed by atoms with van der Waals surface area (Å²) in [5.41, 5.74) is 0.786. The molecule has 0 bridgehead atoms. The Labute approximate surface area is 200 Å². The number of thioether (sulfide) groups is 1. The van der Waals surface area contributed by atoms with Crippen molar-refractivity contribution in [1.29, 1.82) is 0 Å². The van der Waals surface area contributed by atoms with E-state index >= 15 is 0 Å². The molecule has 0 fully saturated rings. The van der Waals surface area contributed by atoms with Gasteiger partial charge in [0, 0.05) is 42.9 Å². The zero-order chi connectivity index (χ0) is 24.2. The first-order chi connectivity index (χ1) is 15.8. The molecule has 0 saturated carbocycles. The van der Waals surface area contributed by atoms with Gasteiger partial charge in [-0.1, -0.05) is 50.2 Å². The normalized spacial score (nSPS) is 11.7. The van der Waals surface area contributed by atoms with Gasteiger partial charge in [0.25, 0.3) is 0 Å². The van der Waals surface area contributed by atoms with E-state index in [9.17, 15) is 19.6 Å². The standard InChI is InChI=1S/C25H33N3O4S/c1-19(2)16-20(17-24(30)28(32)18-33-22-12-8-5-9-13-22)25(31)26-15-14-23(29)27(3)21-10-6-4-7-11-21/h4-13,19-20,32H,14-18H2,1-3H3,(H,26,31)/t20-/m1/s1. The third-order valence-corrected chi connectivity index (χ3v) is 6.07. The van der Waals surface area contributed by atoms with Crippen LogP contribution in [-0.4, -0.2) is 47.5 Å². The molecular formula is C25H33N3O4S. The van der Waals surface area contributed by atoms with Gasteiger partial charge in [-0.15, -0.1) is 11.8 Å². The molecular weight excluding hydrogens is 438 g/mol. The lowest BCUT2D eigenvalue weighted by Gasteiger charge is -2.22. The Balaban J connectivity index is 1.83. The molecule has 7 nitrogen and oxygen atoms in total. The van der Waals surface area contributed by atoms with Crippen LogP contribution in [0.2, 0.25) is 0 Å². The number of nitrogens with one attached hydrogen (secondary N) is 1. The number of hydroxylamine groups is 2. The van der Waals surface area contributed by atoms with Crippen LogP contribution in [0.3, 0.4) is 0 Å². The molecule has 8 heteroatoms. The zero-order valence-corrected chi connectivity index (χ0v) is 20.3. The second-order valence-corrected chi connectivity index (χ2v) is 9.26. The Hall–Kier alpha value is -2.84. The molecule has 0 aliphatic rings. The third kappa shape index (κ3) is 9.27. The van der Waals surface area contributed by atoms with Gasteiger partial charge >= 0.3 is 0 Å². The first-order valence-corrected chi connectivity index (χ1v) is 12.0. The fourth-order valence-corrected chi connectivity index (χ4v) is 4.06. The minimum Gasteiger partial charge on any atom is -0.355 e. The molecule has 0 heterocycles. The van der Waals surface area contributed by atoms with E-state index in [1.165, 1.54) is 11.8 Å². The Morgan fingerprint density at radius 2 is 1.58 bits per heavy atom. The number of para-hydroxylation sites is 1. The predicted molar refractivity (Wildman–Crippen MR) is 131 cm³/mol. The van der Waals surface area contributed by atoms with Crippen LogP contribution >= 0.6 is 11.8 Å². The molecule has 33 heavy (non-hydrogen) atoms. The van der Waals surface area contributed by atoms with Crippen LogP contribution in [0.1, 0.15) is 33.1 Å². The van der Waals surface area contributed by atoms with Crippen molar-refractivity contribution in [3.63, 3.8) is 0 Å². The maximum atomic E-state index is 12.7. The van der Waals surface area contributed by atoms with Crippen LogP contribution in [0.15, 0.2) is 65.6 Å². The molecule has 0 radical (unpaired) electrons. The Morgan fingerprint density at radius 1 is 0.970 bits per heavy atom. The molecule has 2 aromatic carbocycles. The number of amides is 3. The maximum Gasteiger partial charge on any atom is 0.247 e. The summed E-state index contributed by atoms with van der Waals surface area (Å²) in [5.74, 6) is -1.19. The van der Waals surface area contributed by atoms with E-state index in [1.54, 1.807) is 11.9 Å². The highest BCUT2D eigenvalue weighted by Crippen LogP contribution is 2.21. The summed E-state index contributed by atoms with van der Waals surface area (Å²) in [4.78, 5) is 40.1. The van der Waals surface area contributed by atoms with Gasteiger partial charge in [-0.3, -0.25) is 19.6 Å². The van der Waals surface area contributed by atoms with Crippen molar-refractivity contribution in [1.82, 2.24) is 10.4 Å². The highest BCUT2D eigenvalue weighted by molar-refractivity contribution is 7.99. The number of hydrogen-bond acceptors (Lipinski definition) is 5. The summed E-state index contributed by atoms with van der Waals surface area (Å²) >= 11 is 1.34. The molecule has 0 aliphatic heterocycles. The number of hydrogen-bond donors (Lipinski definition) is 2. The Morgan fingerprint density at radius 3 is 2.18 bits per heavy atom. The number of benzene rings is 2. The van der Waals surface area contributed by atoms with Crippen molar-refractivity contribution in [2.24, 2.45) is 11.8 Å². The van der Waals surface area contributed by atoms with Gasteiger partial charge in [0.2, 0.25) is 17.7 Å². The molecule has 178 valence electrons. The fraction of sp³-hybridized carbons (Fsp3) is 0.400. The van der Waals surface area contributed by atoms with Gasteiger partial charge in [0.05, 0.1) is 5.88 Å². The lowest BCUT2D eigenvalue weighted by atomic mass is 9.93. The van der Waals surface area contributed by atoms with E-state index in [4.69, 9.17) is 0 Å². The molecule has 2 rings (SSSR count). The van der Waals surface area contributed by atoms with E-state index < -0.39 is 11.8 Å². The molecule has 0 aromatic heterocycles. The van der Waals surface area contributed by atoms with Gasteiger partial charge in [0.1, 0.15) is 0 Å². The lowest BCUT2D eigenvalue weighted by molar-refractivity contribution is -0.163. The minimum absolute atomic E-state index is 0.0825. The van der Waals surface area contributed by atoms with Gasteiger partial charge < -0.3 is 10.2 Å². The van der Waals surface area contributed by atoms with Crippen molar-refractivity contribution >= 4 is 35.2 Å². The summed E-state index contributed by atoms with van der Waals surface area (Å²) < 4.78 is 0. The first kappa shape index (κ1) is 26.4. The van der Waals surface area contributed by atoms with Gasteiger partial charge in [-0.05, 0) is 36.6 Å². The molecule has 0 spiro atoms. The van der Waals surface area contributed by atoms with E-state index in [1.807, 2.05) is 74.5 Å². The maximum absolute atomic E-state index is 12.7. The van der Waals surface area contributed by atoms with Crippen LogP contribution in [0, 0.1) is 11.8 Å². The molecule has 0 unspecified atom stereocenters. The second-order valence-electron chi connectivity index (χ2n) is 8.24. The first-order valence-electron chi connectivity index (χ1n) is 11.0. The lowest BCUT2D eigenvalue weighted by Crippen LogP contribution is -2.38. The van der Waals surface area contributed by atoms with Crippen molar-refractivity contribution in [2.75, 3.05) is 24.4 Å². The molecule has 2 aromatic rings. The van der Waals surface area contributed by atoms with Gasteiger partial charge in [0.15, 0.2) is 0 Å². The van der Waals surface area contributed by atoms with Gasteiger partial charge in [-0.2, -0.15) is 0 Å². The van der Waals surface area contributed by atoms with Crippen LogP contribution < -0.4 is 10.2 Å². The highest BCUT2D eigenvalue weighted by atomic mass is 32.2. The Bertz CT molecular complexity index is 893. The third-order valence-electron chi connectivity index (χ3n) is 5.09. The smallest absolute Gasteiger partial charge is 0.247 e. The van der Waals surface area contributed by atoms with E-state index in [0.717, 1.165) is 10.6 Å². The van der Waals surface area contributed by atoms with Crippen molar-refractivity contribution in [3.8, 4) is 0 Å². The van der Waals surface area contributed by atoms with Gasteiger partial charge in [-0.25, -0.2) is 5.06 Å². The molecule has 1 atom stereocenters. The summed E-state index contributed by atoms with van der Waals surface area (Å²) in [6, 6.07) is 18.8. The largest absolute Gasteiger partial charge is 0.355 e. The fourth-order valence-electron chi connectivity index (χ4n) is 3.29. The summed E-state index contributed by atoms with van der Waals surface area (Å²) in [5, 5.41) is 13.6. The molecule has 0 aliphatic carbocycles. The minimum atomic E-state index is -0.573. The summed E-state index contributed by atoms with van der Waals surface area (Å²) in [6.07, 6.45) is 0.572. The Kier molecular flexibility index (Phi) is 10.9. The average Bonchev–Trinajstić information content (AvgIpc) is 2.82. The number of carbonyl (C=O) groups is 3. The van der Waals surface area contributed by atoms with Crippen LogP contribution in [0.4, 0.5) is 5.69 Å². The SMILES string of the molecule is CC(C)C[C@H](CC(=O)N(O)CSc1ccccc1)C(=O)NCCC(=O)N(C)c1ccccc1. The van der Waals surface area contributed by atoms with E-state index in [0.29, 0.717) is 11.5 Å². The van der Waals surface area contributed by atoms with Crippen molar-refractivity contribution in [2.45, 2.75) is 38.0 Å². The quantitative estimate of drug-likeness (QED) is 0.210. The number of nitrogens with zero attached hydrogens (tertiary/aromatic N) is 2. The molecule has 2 N–H and O–H groups in total. The van der Waals surface area contributed by atoms with Crippen LogP contribution in [-0.2, 0) is 14.4 Å². The van der Waals surface area contributed by atoms with Crippen LogP contribution in [0.5, 0.6) is 0 Å². The van der Waals surface area contributed by atoms with Crippen molar-refractivity contribution in [3.05, 3.63) is 60.7 Å². The number of rotatable bonds is 12. The summed E-state index contributed by atoms with van der Waals surface area (Å²) in [6.45, 7) is 4.14. The topological polar surface area (TPSA) is 90.0 Å². The van der Waals surface area contributed by atoms with E-state index in [-0.39, 0.29) is 43.0 Å². The zero-order valence-electron chi connectivity index (χ0n) is 19.4. The second kappa shape index (κ2) is 13.6. The molecule has 0 saturated heterocycles. The van der Waals surface area contributed by atoms with Crippen LogP contribution in [0.25, 0.3) is 0 Å². The average molecular weight is 472 g/mol. The number of anilines is 1. The van der Waals surface area contributed by atoms with E-state index in [2.05, 4.69) is 5.32 Å². The summed E-state index contributed by atoms with van der Waals surface area (Å²) in [7, 11) is 1.70. The molecule has 3 amide bonds.